The Balaban J connectivity index is 2.05. The SMILES string of the molecule is COc1ccc(/C=N\n2c(-c3cccnc3)n[nH]c2=S)c(OC)c1OC. The molecule has 0 spiro atoms. The lowest BCUT2D eigenvalue weighted by Gasteiger charge is -2.13. The number of rotatable bonds is 6. The highest BCUT2D eigenvalue weighted by molar-refractivity contribution is 7.71. The van der Waals surface area contributed by atoms with Crippen molar-refractivity contribution < 1.29 is 14.2 Å². The Morgan fingerprint density at radius 2 is 1.92 bits per heavy atom. The maximum atomic E-state index is 5.46. The third kappa shape index (κ3) is 3.29. The van der Waals surface area contributed by atoms with Gasteiger partial charge in [-0.15, -0.1) is 0 Å². The van der Waals surface area contributed by atoms with Crippen LogP contribution in [0.3, 0.4) is 0 Å². The van der Waals surface area contributed by atoms with Crippen molar-refractivity contribution in [2.75, 3.05) is 21.3 Å². The quantitative estimate of drug-likeness (QED) is 0.530. The highest BCUT2D eigenvalue weighted by atomic mass is 32.1. The average molecular weight is 371 g/mol. The lowest BCUT2D eigenvalue weighted by atomic mass is 10.2. The number of hydrogen-bond donors (Lipinski definition) is 1. The topological polar surface area (TPSA) is 86.6 Å². The summed E-state index contributed by atoms with van der Waals surface area (Å²) in [5.41, 5.74) is 1.49. The van der Waals surface area contributed by atoms with Crippen LogP contribution in [0, 0.1) is 4.77 Å². The fourth-order valence-corrected chi connectivity index (χ4v) is 2.61. The van der Waals surface area contributed by atoms with Gasteiger partial charge in [0.15, 0.2) is 17.3 Å². The van der Waals surface area contributed by atoms with Crippen molar-refractivity contribution in [1.29, 1.82) is 0 Å². The molecule has 0 radical (unpaired) electrons. The van der Waals surface area contributed by atoms with Crippen LogP contribution in [-0.2, 0) is 0 Å². The summed E-state index contributed by atoms with van der Waals surface area (Å²) < 4.78 is 18.0. The number of aromatic amines is 1. The number of benzene rings is 1. The van der Waals surface area contributed by atoms with E-state index < -0.39 is 0 Å². The minimum Gasteiger partial charge on any atom is -0.493 e. The molecule has 0 saturated heterocycles. The number of nitrogens with zero attached hydrogens (tertiary/aromatic N) is 4. The third-order valence-corrected chi connectivity index (χ3v) is 3.88. The van der Waals surface area contributed by atoms with E-state index in [9.17, 15) is 0 Å². The molecule has 0 atom stereocenters. The molecule has 0 aliphatic rings. The second-order valence-electron chi connectivity index (χ2n) is 5.07. The van der Waals surface area contributed by atoms with E-state index in [0.717, 1.165) is 5.56 Å². The molecular weight excluding hydrogens is 354 g/mol. The van der Waals surface area contributed by atoms with E-state index >= 15 is 0 Å². The first-order chi connectivity index (χ1) is 12.7. The Morgan fingerprint density at radius 1 is 1.12 bits per heavy atom. The van der Waals surface area contributed by atoms with Crippen LogP contribution < -0.4 is 14.2 Å². The fraction of sp³-hybridized carbons (Fsp3) is 0.176. The highest BCUT2D eigenvalue weighted by Crippen LogP contribution is 2.39. The van der Waals surface area contributed by atoms with E-state index in [1.165, 1.54) is 4.68 Å². The smallest absolute Gasteiger partial charge is 0.216 e. The highest BCUT2D eigenvalue weighted by Gasteiger charge is 2.15. The van der Waals surface area contributed by atoms with Crippen molar-refractivity contribution >= 4 is 18.4 Å². The van der Waals surface area contributed by atoms with Gasteiger partial charge in [-0.25, -0.2) is 5.10 Å². The molecule has 1 aromatic carbocycles. The van der Waals surface area contributed by atoms with E-state index in [2.05, 4.69) is 20.3 Å². The standard InChI is InChI=1S/C17H17N5O3S/c1-23-13-7-6-11(14(24-2)15(13)25-3)10-19-22-16(20-21-17(22)26)12-5-4-8-18-9-12/h4-10H,1-3H3,(H,21,26)/b19-10-. The Kier molecular flexibility index (Phi) is 5.28. The second kappa shape index (κ2) is 7.79. The normalized spacial score (nSPS) is 10.9. The molecule has 1 N–H and O–H groups in total. The Bertz CT molecular complexity index is 982. The minimum atomic E-state index is 0.361. The van der Waals surface area contributed by atoms with Crippen molar-refractivity contribution in [3.63, 3.8) is 0 Å². The van der Waals surface area contributed by atoms with E-state index in [1.807, 2.05) is 18.2 Å². The molecule has 0 unspecified atom stereocenters. The lowest BCUT2D eigenvalue weighted by molar-refractivity contribution is 0.324. The van der Waals surface area contributed by atoms with Crippen LogP contribution in [0.25, 0.3) is 11.4 Å². The van der Waals surface area contributed by atoms with Crippen molar-refractivity contribution in [2.24, 2.45) is 5.10 Å². The van der Waals surface area contributed by atoms with Crippen LogP contribution >= 0.6 is 12.2 Å². The summed E-state index contributed by atoms with van der Waals surface area (Å²) in [7, 11) is 4.67. The molecular formula is C17H17N5O3S. The number of H-pyrrole nitrogens is 1. The molecule has 0 saturated carbocycles. The van der Waals surface area contributed by atoms with E-state index in [-0.39, 0.29) is 0 Å². The summed E-state index contributed by atoms with van der Waals surface area (Å²) in [5, 5.41) is 11.4. The van der Waals surface area contributed by atoms with E-state index in [0.29, 0.717) is 33.4 Å². The maximum Gasteiger partial charge on any atom is 0.216 e. The van der Waals surface area contributed by atoms with Gasteiger partial charge in [0.1, 0.15) is 0 Å². The summed E-state index contributed by atoms with van der Waals surface area (Å²) in [6, 6.07) is 7.29. The second-order valence-corrected chi connectivity index (χ2v) is 5.46. The van der Waals surface area contributed by atoms with Crippen LogP contribution in [0.4, 0.5) is 0 Å². The molecule has 134 valence electrons. The molecule has 0 aliphatic carbocycles. The first kappa shape index (κ1) is 17.6. The number of nitrogens with one attached hydrogen (secondary N) is 1. The molecule has 26 heavy (non-hydrogen) atoms. The summed E-state index contributed by atoms with van der Waals surface area (Å²) in [6.45, 7) is 0. The van der Waals surface area contributed by atoms with Crippen molar-refractivity contribution in [1.82, 2.24) is 19.9 Å². The van der Waals surface area contributed by atoms with Gasteiger partial charge in [0.25, 0.3) is 0 Å². The van der Waals surface area contributed by atoms with Gasteiger partial charge in [0.05, 0.1) is 27.5 Å². The number of aromatic nitrogens is 4. The van der Waals surface area contributed by atoms with Gasteiger partial charge in [-0.3, -0.25) is 4.98 Å². The fourth-order valence-electron chi connectivity index (χ4n) is 2.43. The third-order valence-electron chi connectivity index (χ3n) is 3.62. The molecule has 9 heteroatoms. The predicted molar refractivity (Wildman–Crippen MR) is 99.7 cm³/mol. The van der Waals surface area contributed by atoms with Gasteiger partial charge < -0.3 is 14.2 Å². The first-order valence-corrected chi connectivity index (χ1v) is 8.01. The van der Waals surface area contributed by atoms with Gasteiger partial charge in [-0.2, -0.15) is 14.9 Å². The van der Waals surface area contributed by atoms with Gasteiger partial charge in [-0.1, -0.05) is 0 Å². The summed E-state index contributed by atoms with van der Waals surface area (Å²) in [6.07, 6.45) is 4.99. The Hall–Kier alpha value is -3.20. The first-order valence-electron chi connectivity index (χ1n) is 7.60. The van der Waals surface area contributed by atoms with E-state index in [4.69, 9.17) is 26.4 Å². The molecule has 2 heterocycles. The monoisotopic (exact) mass is 371 g/mol. The molecule has 0 aliphatic heterocycles. The zero-order valence-corrected chi connectivity index (χ0v) is 15.3. The lowest BCUT2D eigenvalue weighted by Crippen LogP contribution is -2.00. The van der Waals surface area contributed by atoms with Crippen LogP contribution in [0.5, 0.6) is 17.2 Å². The molecule has 2 aromatic heterocycles. The maximum absolute atomic E-state index is 5.46. The molecule has 3 rings (SSSR count). The Labute approximate surface area is 155 Å². The molecule has 3 aromatic rings. The summed E-state index contributed by atoms with van der Waals surface area (Å²) in [5.74, 6) is 2.12. The number of methoxy groups -OCH3 is 3. The largest absolute Gasteiger partial charge is 0.493 e. The van der Waals surface area contributed by atoms with Gasteiger partial charge in [-0.05, 0) is 36.5 Å². The van der Waals surface area contributed by atoms with E-state index in [1.54, 1.807) is 46.0 Å². The van der Waals surface area contributed by atoms with Crippen LogP contribution in [-0.4, -0.2) is 47.4 Å². The number of ether oxygens (including phenoxy) is 3. The number of hydrogen-bond acceptors (Lipinski definition) is 7. The molecule has 0 bridgehead atoms. The summed E-state index contributed by atoms with van der Waals surface area (Å²) in [4.78, 5) is 4.10. The Morgan fingerprint density at radius 3 is 2.58 bits per heavy atom. The van der Waals surface area contributed by atoms with Crippen LogP contribution in [0.1, 0.15) is 5.56 Å². The zero-order valence-electron chi connectivity index (χ0n) is 14.5. The predicted octanol–water partition coefficient (Wildman–Crippen LogP) is 2.91. The van der Waals surface area contributed by atoms with Crippen molar-refractivity contribution in [3.05, 3.63) is 47.0 Å². The van der Waals surface area contributed by atoms with Gasteiger partial charge >= 0.3 is 0 Å². The van der Waals surface area contributed by atoms with Crippen LogP contribution in [0.2, 0.25) is 0 Å². The number of pyridine rings is 1. The summed E-state index contributed by atoms with van der Waals surface area (Å²) >= 11 is 5.27. The molecule has 0 fully saturated rings. The van der Waals surface area contributed by atoms with Crippen molar-refractivity contribution in [3.8, 4) is 28.6 Å². The van der Waals surface area contributed by atoms with Gasteiger partial charge in [0.2, 0.25) is 10.5 Å². The average Bonchev–Trinajstić information content (AvgIpc) is 3.06. The van der Waals surface area contributed by atoms with Gasteiger partial charge in [0, 0.05) is 23.5 Å². The molecule has 8 nitrogen and oxygen atoms in total. The molecule has 0 amide bonds. The zero-order chi connectivity index (χ0) is 18.5. The minimum absolute atomic E-state index is 0.361. The van der Waals surface area contributed by atoms with Crippen molar-refractivity contribution in [2.45, 2.75) is 0 Å². The van der Waals surface area contributed by atoms with Crippen LogP contribution in [0.15, 0.2) is 41.8 Å².